The quantitative estimate of drug-likeness (QED) is 0.346. The number of pyridine rings is 1. The summed E-state index contributed by atoms with van der Waals surface area (Å²) in [6, 6.07) is 14.1. The number of anilines is 1. The number of carbonyl (C=O) groups is 1. The van der Waals surface area contributed by atoms with Gasteiger partial charge in [-0.1, -0.05) is 67.3 Å². The van der Waals surface area contributed by atoms with Gasteiger partial charge >= 0.3 is 0 Å². The molecule has 1 saturated heterocycles. The number of hydrogen-bond acceptors (Lipinski definition) is 6. The van der Waals surface area contributed by atoms with Crippen LogP contribution in [0, 0.1) is 12.8 Å². The highest BCUT2D eigenvalue weighted by molar-refractivity contribution is 8.26. The van der Waals surface area contributed by atoms with Gasteiger partial charge in [0.1, 0.15) is 15.8 Å². The van der Waals surface area contributed by atoms with E-state index >= 15 is 0 Å². The summed E-state index contributed by atoms with van der Waals surface area (Å²) in [5.41, 5.74) is 2.91. The van der Waals surface area contributed by atoms with Gasteiger partial charge in [-0.05, 0) is 68.2 Å². The van der Waals surface area contributed by atoms with Gasteiger partial charge in [-0.3, -0.25) is 18.9 Å². The average molecular weight is 519 g/mol. The average Bonchev–Trinajstić information content (AvgIpc) is 3.14. The molecule has 1 aromatic carbocycles. The number of thiocarbonyl (C=S) groups is 1. The summed E-state index contributed by atoms with van der Waals surface area (Å²) in [6.07, 6.45) is 8.57. The fourth-order valence-electron chi connectivity index (χ4n) is 4.81. The van der Waals surface area contributed by atoms with Gasteiger partial charge in [-0.25, -0.2) is 4.98 Å². The lowest BCUT2D eigenvalue weighted by molar-refractivity contribution is -0.122. The lowest BCUT2D eigenvalue weighted by Gasteiger charge is -2.27. The standard InChI is InChI=1S/C28H30N4O2S2/c1-18-8-11-21(12-9-18)29-25-22(26(33)32-17-19(2)10-13-24(32)30-25)16-23-27(34)31(28(35)36-23)15-14-20-6-4-3-5-7-20/h3-7,10,13,16-18,21,29H,8-9,11-12,14-15H2,1-2H3/b23-16+. The Morgan fingerprint density at radius 2 is 1.86 bits per heavy atom. The minimum atomic E-state index is -0.190. The number of rotatable bonds is 6. The number of nitrogens with zero attached hydrogens (tertiary/aromatic N) is 3. The van der Waals surface area contributed by atoms with Gasteiger partial charge in [0.05, 0.1) is 10.5 Å². The van der Waals surface area contributed by atoms with E-state index in [1.807, 2.05) is 49.4 Å². The molecule has 3 aromatic rings. The summed E-state index contributed by atoms with van der Waals surface area (Å²) >= 11 is 6.79. The summed E-state index contributed by atoms with van der Waals surface area (Å²) in [5, 5.41) is 3.54. The highest BCUT2D eigenvalue weighted by Gasteiger charge is 2.32. The molecule has 1 amide bonds. The van der Waals surface area contributed by atoms with E-state index in [1.54, 1.807) is 21.6 Å². The first-order chi connectivity index (χ1) is 17.4. The maximum Gasteiger partial charge on any atom is 0.267 e. The van der Waals surface area contributed by atoms with Gasteiger partial charge in [0, 0.05) is 18.8 Å². The van der Waals surface area contributed by atoms with Gasteiger partial charge in [-0.2, -0.15) is 0 Å². The zero-order valence-corrected chi connectivity index (χ0v) is 22.2. The highest BCUT2D eigenvalue weighted by atomic mass is 32.2. The Bertz CT molecular complexity index is 1390. The smallest absolute Gasteiger partial charge is 0.267 e. The maximum absolute atomic E-state index is 13.6. The second kappa shape index (κ2) is 10.6. The van der Waals surface area contributed by atoms with Crippen LogP contribution in [-0.4, -0.2) is 37.1 Å². The van der Waals surface area contributed by atoms with Gasteiger partial charge in [0.25, 0.3) is 11.5 Å². The Morgan fingerprint density at radius 3 is 2.61 bits per heavy atom. The summed E-state index contributed by atoms with van der Waals surface area (Å²) in [6.45, 7) is 4.73. The Hall–Kier alpha value is -2.97. The van der Waals surface area contributed by atoms with Crippen molar-refractivity contribution in [2.24, 2.45) is 5.92 Å². The van der Waals surface area contributed by atoms with Crippen molar-refractivity contribution in [3.05, 3.63) is 80.6 Å². The molecule has 1 aliphatic carbocycles. The highest BCUT2D eigenvalue weighted by Crippen LogP contribution is 2.34. The third-order valence-electron chi connectivity index (χ3n) is 6.98. The zero-order valence-electron chi connectivity index (χ0n) is 20.6. The van der Waals surface area contributed by atoms with Crippen molar-refractivity contribution in [2.45, 2.75) is 52.0 Å². The number of nitrogens with one attached hydrogen (secondary N) is 1. The fraction of sp³-hybridized carbons (Fsp3) is 0.357. The van der Waals surface area contributed by atoms with Crippen molar-refractivity contribution in [2.75, 3.05) is 11.9 Å². The largest absolute Gasteiger partial charge is 0.367 e. The molecule has 1 N–H and O–H groups in total. The van der Waals surface area contributed by atoms with Crippen LogP contribution >= 0.6 is 24.0 Å². The van der Waals surface area contributed by atoms with E-state index in [-0.39, 0.29) is 17.5 Å². The van der Waals surface area contributed by atoms with Crippen LogP contribution in [0.1, 0.15) is 49.3 Å². The fourth-order valence-corrected chi connectivity index (χ4v) is 6.10. The Labute approximate surface area is 220 Å². The van der Waals surface area contributed by atoms with E-state index in [2.05, 4.69) is 12.2 Å². The van der Waals surface area contributed by atoms with Crippen LogP contribution in [0.5, 0.6) is 0 Å². The predicted molar refractivity (Wildman–Crippen MR) is 151 cm³/mol. The molecule has 2 fully saturated rings. The Kier molecular flexibility index (Phi) is 7.25. The normalized spacial score (nSPS) is 21.5. The molecule has 0 atom stereocenters. The van der Waals surface area contributed by atoms with Crippen LogP contribution in [-0.2, 0) is 11.2 Å². The van der Waals surface area contributed by atoms with Crippen LogP contribution in [0.2, 0.25) is 0 Å². The molecule has 2 aromatic heterocycles. The number of amides is 1. The number of aryl methyl sites for hydroxylation is 1. The molecule has 186 valence electrons. The van der Waals surface area contributed by atoms with Crippen molar-refractivity contribution in [3.63, 3.8) is 0 Å². The monoisotopic (exact) mass is 518 g/mol. The molecule has 0 radical (unpaired) electrons. The molecule has 8 heteroatoms. The molecule has 3 heterocycles. The number of fused-ring (bicyclic) bond motifs is 1. The molecule has 0 spiro atoms. The van der Waals surface area contributed by atoms with E-state index in [4.69, 9.17) is 17.2 Å². The number of hydrogen-bond donors (Lipinski definition) is 1. The molecule has 6 nitrogen and oxygen atoms in total. The van der Waals surface area contributed by atoms with Crippen molar-refractivity contribution in [1.29, 1.82) is 0 Å². The molecule has 5 rings (SSSR count). The van der Waals surface area contributed by atoms with E-state index in [1.165, 1.54) is 11.8 Å². The molecule has 36 heavy (non-hydrogen) atoms. The minimum absolute atomic E-state index is 0.160. The topological polar surface area (TPSA) is 66.7 Å². The van der Waals surface area contributed by atoms with E-state index in [9.17, 15) is 9.59 Å². The minimum Gasteiger partial charge on any atom is -0.367 e. The lowest BCUT2D eigenvalue weighted by atomic mass is 9.87. The van der Waals surface area contributed by atoms with Crippen LogP contribution < -0.4 is 10.9 Å². The zero-order chi connectivity index (χ0) is 25.2. The molecule has 0 unspecified atom stereocenters. The van der Waals surface area contributed by atoms with Crippen LogP contribution in [0.25, 0.3) is 11.7 Å². The molecule has 1 aliphatic heterocycles. The van der Waals surface area contributed by atoms with Gasteiger partial charge < -0.3 is 5.32 Å². The van der Waals surface area contributed by atoms with E-state index in [0.717, 1.165) is 42.7 Å². The Balaban J connectivity index is 1.47. The maximum atomic E-state index is 13.6. The van der Waals surface area contributed by atoms with E-state index < -0.39 is 0 Å². The summed E-state index contributed by atoms with van der Waals surface area (Å²) < 4.78 is 2.08. The second-order valence-corrected chi connectivity index (χ2v) is 11.5. The van der Waals surface area contributed by atoms with Gasteiger partial charge in [0.2, 0.25) is 0 Å². The molecule has 1 saturated carbocycles. The lowest BCUT2D eigenvalue weighted by Crippen LogP contribution is -2.30. The van der Waals surface area contributed by atoms with Crippen LogP contribution in [0.4, 0.5) is 5.82 Å². The number of thioether (sulfide) groups is 1. The summed E-state index contributed by atoms with van der Waals surface area (Å²) in [5.74, 6) is 1.10. The third kappa shape index (κ3) is 5.25. The van der Waals surface area contributed by atoms with Crippen molar-refractivity contribution >= 4 is 51.7 Å². The van der Waals surface area contributed by atoms with Crippen LogP contribution in [0.15, 0.2) is 58.4 Å². The van der Waals surface area contributed by atoms with Crippen molar-refractivity contribution in [3.8, 4) is 0 Å². The Morgan fingerprint density at radius 1 is 1.11 bits per heavy atom. The summed E-state index contributed by atoms with van der Waals surface area (Å²) in [4.78, 5) is 33.8. The second-order valence-electron chi connectivity index (χ2n) is 9.78. The molecular weight excluding hydrogens is 488 g/mol. The number of aromatic nitrogens is 2. The first-order valence-electron chi connectivity index (χ1n) is 12.5. The predicted octanol–water partition coefficient (Wildman–Crippen LogP) is 5.44. The SMILES string of the molecule is Cc1ccc2nc(NC3CCC(C)CC3)c(/C=C3/SC(=S)N(CCc4ccccc4)C3=O)c(=O)n2c1. The third-order valence-corrected chi connectivity index (χ3v) is 8.36. The summed E-state index contributed by atoms with van der Waals surface area (Å²) in [7, 11) is 0. The first kappa shape index (κ1) is 24.7. The molecule has 0 bridgehead atoms. The van der Waals surface area contributed by atoms with Gasteiger partial charge in [-0.15, -0.1) is 0 Å². The number of carbonyl (C=O) groups excluding carboxylic acids is 1. The number of benzene rings is 1. The first-order valence-corrected chi connectivity index (χ1v) is 13.7. The van der Waals surface area contributed by atoms with E-state index in [0.29, 0.717) is 39.2 Å². The van der Waals surface area contributed by atoms with Crippen LogP contribution in [0.3, 0.4) is 0 Å². The molecule has 2 aliphatic rings. The van der Waals surface area contributed by atoms with Crippen molar-refractivity contribution < 1.29 is 4.79 Å². The van der Waals surface area contributed by atoms with Gasteiger partial charge in [0.15, 0.2) is 0 Å². The van der Waals surface area contributed by atoms with Crippen molar-refractivity contribution in [1.82, 2.24) is 14.3 Å². The molecular formula is C28H30N4O2S2.